The maximum Gasteiger partial charge on any atom is 0.323 e. The lowest BCUT2D eigenvalue weighted by atomic mass is 10.1. The molecule has 0 saturated heterocycles. The van der Waals surface area contributed by atoms with Crippen LogP contribution in [0.15, 0.2) is 30.3 Å². The van der Waals surface area contributed by atoms with E-state index in [0.29, 0.717) is 16.5 Å². The Morgan fingerprint density at radius 1 is 1.05 bits per heavy atom. The normalized spacial score (nSPS) is 10.2. The summed E-state index contributed by atoms with van der Waals surface area (Å²) in [7, 11) is 1.54. The third kappa shape index (κ3) is 3.71. The molecule has 116 valence electrons. The fourth-order valence-electron chi connectivity index (χ4n) is 2.42. The number of hydrogen-bond donors (Lipinski definition) is 2. The van der Waals surface area contributed by atoms with Crippen LogP contribution in [-0.4, -0.2) is 13.1 Å². The van der Waals surface area contributed by atoms with Gasteiger partial charge in [0.05, 0.1) is 12.8 Å². The summed E-state index contributed by atoms with van der Waals surface area (Å²) in [5.41, 5.74) is 4.54. The molecule has 0 aromatic heterocycles. The molecule has 22 heavy (non-hydrogen) atoms. The van der Waals surface area contributed by atoms with E-state index in [1.54, 1.807) is 25.3 Å². The molecule has 2 aromatic carbocycles. The molecule has 0 saturated carbocycles. The maximum absolute atomic E-state index is 12.2. The number of aryl methyl sites for hydroxylation is 3. The third-order valence-electron chi connectivity index (χ3n) is 3.33. The molecule has 0 bridgehead atoms. The predicted octanol–water partition coefficient (Wildman–Crippen LogP) is 4.92. The first-order valence-corrected chi connectivity index (χ1v) is 7.28. The van der Waals surface area contributed by atoms with Crippen molar-refractivity contribution in [3.05, 3.63) is 52.0 Å². The van der Waals surface area contributed by atoms with Crippen LogP contribution in [0, 0.1) is 20.8 Å². The minimum absolute atomic E-state index is 0.337. The molecule has 2 aromatic rings. The molecular formula is C17H19ClN2O2. The van der Waals surface area contributed by atoms with E-state index in [0.717, 1.165) is 22.4 Å². The van der Waals surface area contributed by atoms with Crippen molar-refractivity contribution in [1.29, 1.82) is 0 Å². The van der Waals surface area contributed by atoms with Crippen molar-refractivity contribution in [2.24, 2.45) is 0 Å². The summed E-state index contributed by atoms with van der Waals surface area (Å²) in [5.74, 6) is 0.553. The minimum Gasteiger partial charge on any atom is -0.495 e. The third-order valence-corrected chi connectivity index (χ3v) is 3.56. The van der Waals surface area contributed by atoms with Gasteiger partial charge in [0.25, 0.3) is 0 Å². The van der Waals surface area contributed by atoms with Crippen molar-refractivity contribution in [2.45, 2.75) is 20.8 Å². The van der Waals surface area contributed by atoms with E-state index in [2.05, 4.69) is 10.6 Å². The molecule has 0 aliphatic rings. The van der Waals surface area contributed by atoms with Crippen LogP contribution in [0.25, 0.3) is 0 Å². The number of hydrogen-bond acceptors (Lipinski definition) is 2. The minimum atomic E-state index is -0.337. The van der Waals surface area contributed by atoms with Crippen molar-refractivity contribution in [3.63, 3.8) is 0 Å². The fraction of sp³-hybridized carbons (Fsp3) is 0.235. The first kappa shape index (κ1) is 16.2. The summed E-state index contributed by atoms with van der Waals surface area (Å²) >= 11 is 5.96. The van der Waals surface area contributed by atoms with Crippen LogP contribution < -0.4 is 15.4 Å². The van der Waals surface area contributed by atoms with Crippen molar-refractivity contribution in [3.8, 4) is 5.75 Å². The van der Waals surface area contributed by atoms with Crippen LogP contribution in [0.2, 0.25) is 5.02 Å². The van der Waals surface area contributed by atoms with Crippen LogP contribution in [0.5, 0.6) is 5.75 Å². The van der Waals surface area contributed by atoms with Gasteiger partial charge in [-0.15, -0.1) is 0 Å². The van der Waals surface area contributed by atoms with Crippen molar-refractivity contribution < 1.29 is 9.53 Å². The number of halogens is 1. The van der Waals surface area contributed by atoms with Gasteiger partial charge in [-0.3, -0.25) is 0 Å². The summed E-state index contributed by atoms with van der Waals surface area (Å²) in [5, 5.41) is 6.16. The Morgan fingerprint density at radius 3 is 2.27 bits per heavy atom. The van der Waals surface area contributed by atoms with Crippen LogP contribution in [0.3, 0.4) is 0 Å². The monoisotopic (exact) mass is 318 g/mol. The predicted molar refractivity (Wildman–Crippen MR) is 91.3 cm³/mol. The number of carbonyl (C=O) groups excluding carboxylic acids is 1. The van der Waals surface area contributed by atoms with Gasteiger partial charge in [0.1, 0.15) is 5.75 Å². The molecule has 0 aliphatic heterocycles. The molecule has 2 rings (SSSR count). The number of methoxy groups -OCH3 is 1. The second-order valence-electron chi connectivity index (χ2n) is 5.20. The Balaban J connectivity index is 2.19. The van der Waals surface area contributed by atoms with E-state index >= 15 is 0 Å². The van der Waals surface area contributed by atoms with E-state index in [1.165, 1.54) is 0 Å². The summed E-state index contributed by atoms with van der Waals surface area (Å²) in [6.45, 7) is 5.96. The molecular weight excluding hydrogens is 300 g/mol. The van der Waals surface area contributed by atoms with Gasteiger partial charge in [-0.25, -0.2) is 4.79 Å². The number of rotatable bonds is 3. The number of urea groups is 1. The standard InChI is InChI=1S/C17H19ClN2O2/c1-10-7-11(2)16(12(3)8-10)20-17(21)19-14-9-13(18)5-6-15(14)22-4/h5-9H,1-4H3,(H2,19,20,21). The Morgan fingerprint density at radius 2 is 1.68 bits per heavy atom. The van der Waals surface area contributed by atoms with Crippen molar-refractivity contribution in [1.82, 2.24) is 0 Å². The molecule has 5 heteroatoms. The number of nitrogens with one attached hydrogen (secondary N) is 2. The first-order valence-electron chi connectivity index (χ1n) is 6.90. The molecule has 0 spiro atoms. The van der Waals surface area contributed by atoms with E-state index in [9.17, 15) is 4.79 Å². The molecule has 4 nitrogen and oxygen atoms in total. The highest BCUT2D eigenvalue weighted by Gasteiger charge is 2.11. The number of ether oxygens (including phenoxy) is 1. The van der Waals surface area contributed by atoms with Crippen LogP contribution in [0.1, 0.15) is 16.7 Å². The van der Waals surface area contributed by atoms with E-state index in [1.807, 2.05) is 32.9 Å². The average Bonchev–Trinajstić information content (AvgIpc) is 2.43. The second kappa shape index (κ2) is 6.71. The summed E-state index contributed by atoms with van der Waals surface area (Å²) in [6.07, 6.45) is 0. The number of anilines is 2. The van der Waals surface area contributed by atoms with Gasteiger partial charge in [-0.1, -0.05) is 29.3 Å². The van der Waals surface area contributed by atoms with Crippen LogP contribution in [0.4, 0.5) is 16.2 Å². The van der Waals surface area contributed by atoms with Gasteiger partial charge in [-0.05, 0) is 50.1 Å². The quantitative estimate of drug-likeness (QED) is 0.844. The fourth-order valence-corrected chi connectivity index (χ4v) is 2.59. The van der Waals surface area contributed by atoms with E-state index < -0.39 is 0 Å². The highest BCUT2D eigenvalue weighted by atomic mass is 35.5. The van der Waals surface area contributed by atoms with E-state index in [-0.39, 0.29) is 6.03 Å². The summed E-state index contributed by atoms with van der Waals surface area (Å²) < 4.78 is 5.21. The Kier molecular flexibility index (Phi) is 4.93. The molecule has 0 heterocycles. The number of amides is 2. The summed E-state index contributed by atoms with van der Waals surface area (Å²) in [4.78, 5) is 12.2. The molecule has 0 aliphatic carbocycles. The van der Waals surface area contributed by atoms with Crippen LogP contribution >= 0.6 is 11.6 Å². The van der Waals surface area contributed by atoms with Crippen LogP contribution in [-0.2, 0) is 0 Å². The second-order valence-corrected chi connectivity index (χ2v) is 5.63. The van der Waals surface area contributed by atoms with E-state index in [4.69, 9.17) is 16.3 Å². The van der Waals surface area contributed by atoms with Crippen molar-refractivity contribution in [2.75, 3.05) is 17.7 Å². The first-order chi connectivity index (χ1) is 10.4. The molecule has 0 atom stereocenters. The molecule has 2 N–H and O–H groups in total. The zero-order valence-electron chi connectivity index (χ0n) is 13.1. The van der Waals surface area contributed by atoms with Gasteiger partial charge < -0.3 is 15.4 Å². The molecule has 2 amide bonds. The number of carbonyl (C=O) groups is 1. The van der Waals surface area contributed by atoms with Gasteiger partial charge >= 0.3 is 6.03 Å². The lowest BCUT2D eigenvalue weighted by Gasteiger charge is -2.15. The lowest BCUT2D eigenvalue weighted by Crippen LogP contribution is -2.21. The number of benzene rings is 2. The zero-order chi connectivity index (χ0) is 16.3. The summed E-state index contributed by atoms with van der Waals surface area (Å²) in [6, 6.07) is 8.79. The van der Waals surface area contributed by atoms with Crippen molar-refractivity contribution >= 4 is 29.0 Å². The molecule has 0 fully saturated rings. The van der Waals surface area contributed by atoms with Gasteiger partial charge in [0.15, 0.2) is 0 Å². The zero-order valence-corrected chi connectivity index (χ0v) is 13.8. The SMILES string of the molecule is COc1ccc(Cl)cc1NC(=O)Nc1c(C)cc(C)cc1C. The highest BCUT2D eigenvalue weighted by molar-refractivity contribution is 6.31. The van der Waals surface area contributed by atoms with Gasteiger partial charge in [0.2, 0.25) is 0 Å². The van der Waals surface area contributed by atoms with Gasteiger partial charge in [0, 0.05) is 10.7 Å². The highest BCUT2D eigenvalue weighted by Crippen LogP contribution is 2.28. The largest absolute Gasteiger partial charge is 0.495 e. The average molecular weight is 319 g/mol. The van der Waals surface area contributed by atoms with Gasteiger partial charge in [-0.2, -0.15) is 0 Å². The maximum atomic E-state index is 12.2. The molecule has 0 radical (unpaired) electrons. The Bertz CT molecular complexity index is 691. The Hall–Kier alpha value is -2.20. The lowest BCUT2D eigenvalue weighted by molar-refractivity contribution is 0.262. The smallest absolute Gasteiger partial charge is 0.323 e. The molecule has 0 unspecified atom stereocenters. The topological polar surface area (TPSA) is 50.4 Å². The Labute approximate surface area is 135 Å².